The van der Waals surface area contributed by atoms with Crippen molar-refractivity contribution in [1.29, 1.82) is 0 Å². The van der Waals surface area contributed by atoms with E-state index in [9.17, 15) is 18.3 Å². The average Bonchev–Trinajstić information content (AvgIpc) is 2.31. The lowest BCUT2D eigenvalue weighted by atomic mass is 10.0. The fourth-order valence-electron chi connectivity index (χ4n) is 1.52. The molecule has 0 aliphatic rings. The van der Waals surface area contributed by atoms with Crippen LogP contribution in [0.15, 0.2) is 36.5 Å². The average molecular weight is 274 g/mol. The second kappa shape index (κ2) is 4.49. The lowest BCUT2D eigenvalue weighted by Crippen LogP contribution is -2.04. The van der Waals surface area contributed by atoms with Gasteiger partial charge >= 0.3 is 6.18 Å². The second-order valence-corrected chi connectivity index (χ2v) is 3.99. The van der Waals surface area contributed by atoms with Gasteiger partial charge in [-0.25, -0.2) is 4.98 Å². The molecule has 0 spiro atoms. The van der Waals surface area contributed by atoms with E-state index in [4.69, 9.17) is 11.6 Å². The molecule has 1 aromatic carbocycles. The van der Waals surface area contributed by atoms with Crippen LogP contribution in [0.4, 0.5) is 13.2 Å². The number of nitrogens with zero attached hydrogens (tertiary/aromatic N) is 1. The summed E-state index contributed by atoms with van der Waals surface area (Å²) in [5.41, 5.74) is -0.347. The third-order valence-corrected chi connectivity index (χ3v) is 2.56. The predicted octanol–water partition coefficient (Wildman–Crippen LogP) is 4.13. The minimum Gasteiger partial charge on any atom is -0.506 e. The lowest BCUT2D eigenvalue weighted by molar-refractivity contribution is -0.137. The molecule has 0 saturated heterocycles. The first-order valence-corrected chi connectivity index (χ1v) is 5.28. The number of halogens is 4. The van der Waals surface area contributed by atoms with Crippen LogP contribution in [0.3, 0.4) is 0 Å². The maximum atomic E-state index is 12.6. The van der Waals surface area contributed by atoms with E-state index >= 15 is 0 Å². The van der Waals surface area contributed by atoms with Gasteiger partial charge in [0.1, 0.15) is 10.9 Å². The molecule has 0 amide bonds. The highest BCUT2D eigenvalue weighted by Gasteiger charge is 2.30. The fourth-order valence-corrected chi connectivity index (χ4v) is 1.67. The summed E-state index contributed by atoms with van der Waals surface area (Å²) in [7, 11) is 0. The topological polar surface area (TPSA) is 33.1 Å². The van der Waals surface area contributed by atoms with Gasteiger partial charge in [0.15, 0.2) is 0 Å². The van der Waals surface area contributed by atoms with Gasteiger partial charge in [0.05, 0.1) is 11.8 Å². The summed E-state index contributed by atoms with van der Waals surface area (Å²) in [5, 5.41) is 9.68. The summed E-state index contributed by atoms with van der Waals surface area (Å²) >= 11 is 5.65. The van der Waals surface area contributed by atoms with Crippen molar-refractivity contribution in [1.82, 2.24) is 4.98 Å². The van der Waals surface area contributed by atoms with Gasteiger partial charge in [-0.1, -0.05) is 23.7 Å². The minimum atomic E-state index is -4.43. The Morgan fingerprint density at radius 3 is 2.56 bits per heavy atom. The van der Waals surface area contributed by atoms with E-state index in [0.717, 1.165) is 18.3 Å². The number of aromatic nitrogens is 1. The first-order valence-electron chi connectivity index (χ1n) is 4.90. The van der Waals surface area contributed by atoms with Crippen molar-refractivity contribution in [3.05, 3.63) is 47.2 Å². The first-order chi connectivity index (χ1) is 8.38. The molecule has 0 fully saturated rings. The highest BCUT2D eigenvalue weighted by Crippen LogP contribution is 2.35. The van der Waals surface area contributed by atoms with Gasteiger partial charge in [0, 0.05) is 5.56 Å². The maximum Gasteiger partial charge on any atom is 0.416 e. The quantitative estimate of drug-likeness (QED) is 0.793. The first kappa shape index (κ1) is 12.7. The molecule has 2 nitrogen and oxygen atoms in total. The van der Waals surface area contributed by atoms with E-state index in [1.54, 1.807) is 0 Å². The second-order valence-electron chi connectivity index (χ2n) is 3.60. The van der Waals surface area contributed by atoms with Crippen LogP contribution in [0.1, 0.15) is 5.56 Å². The molecule has 0 atom stereocenters. The molecule has 1 N–H and O–H groups in total. The Kier molecular flexibility index (Phi) is 3.17. The highest BCUT2D eigenvalue weighted by atomic mass is 35.5. The molecule has 0 saturated carbocycles. The summed E-state index contributed by atoms with van der Waals surface area (Å²) < 4.78 is 37.7. The Morgan fingerprint density at radius 2 is 1.89 bits per heavy atom. The SMILES string of the molecule is Oc1cnc(Cl)cc1-c1cccc(C(F)(F)F)c1. The van der Waals surface area contributed by atoms with Crippen molar-refractivity contribution in [2.75, 3.05) is 0 Å². The van der Waals surface area contributed by atoms with Crippen LogP contribution in [0.2, 0.25) is 5.15 Å². The van der Waals surface area contributed by atoms with Gasteiger partial charge in [-0.3, -0.25) is 0 Å². The summed E-state index contributed by atoms with van der Waals surface area (Å²) in [6.45, 7) is 0. The molecule has 0 radical (unpaired) electrons. The zero-order valence-corrected chi connectivity index (χ0v) is 9.63. The Hall–Kier alpha value is -1.75. The summed E-state index contributed by atoms with van der Waals surface area (Å²) in [6, 6.07) is 5.95. The Balaban J connectivity index is 2.55. The van der Waals surface area contributed by atoms with Gasteiger partial charge in [-0.2, -0.15) is 13.2 Å². The summed E-state index contributed by atoms with van der Waals surface area (Å²) in [5.74, 6) is -0.223. The number of hydrogen-bond acceptors (Lipinski definition) is 2. The molecule has 0 aliphatic carbocycles. The van der Waals surface area contributed by atoms with Gasteiger partial charge in [0.25, 0.3) is 0 Å². The number of rotatable bonds is 1. The fraction of sp³-hybridized carbons (Fsp3) is 0.0833. The molecular weight excluding hydrogens is 267 g/mol. The van der Waals surface area contributed by atoms with Crippen molar-refractivity contribution in [3.63, 3.8) is 0 Å². The molecule has 2 rings (SSSR count). The van der Waals surface area contributed by atoms with E-state index in [0.29, 0.717) is 0 Å². The number of aromatic hydroxyl groups is 1. The Morgan fingerprint density at radius 1 is 1.17 bits per heavy atom. The third kappa shape index (κ3) is 2.56. The van der Waals surface area contributed by atoms with Crippen LogP contribution in [0.5, 0.6) is 5.75 Å². The zero-order chi connectivity index (χ0) is 13.3. The zero-order valence-electron chi connectivity index (χ0n) is 8.87. The van der Waals surface area contributed by atoms with E-state index in [1.165, 1.54) is 18.2 Å². The van der Waals surface area contributed by atoms with Gasteiger partial charge in [-0.15, -0.1) is 0 Å². The smallest absolute Gasteiger partial charge is 0.416 e. The molecule has 1 aromatic heterocycles. The van der Waals surface area contributed by atoms with Crippen LogP contribution in [0, 0.1) is 0 Å². The Labute approximate surface area is 106 Å². The molecule has 0 bridgehead atoms. The van der Waals surface area contributed by atoms with Crippen LogP contribution in [0.25, 0.3) is 11.1 Å². The van der Waals surface area contributed by atoms with E-state index in [2.05, 4.69) is 4.98 Å². The van der Waals surface area contributed by atoms with Crippen LogP contribution in [-0.2, 0) is 6.18 Å². The number of benzene rings is 1. The van der Waals surface area contributed by atoms with Crippen molar-refractivity contribution in [2.45, 2.75) is 6.18 Å². The number of alkyl halides is 3. The van der Waals surface area contributed by atoms with E-state index in [1.807, 2.05) is 0 Å². The van der Waals surface area contributed by atoms with Crippen LogP contribution >= 0.6 is 11.6 Å². The highest BCUT2D eigenvalue weighted by molar-refractivity contribution is 6.29. The minimum absolute atomic E-state index is 0.0974. The standard InChI is InChI=1S/C12H7ClF3NO/c13-11-5-9(10(18)6-17-11)7-2-1-3-8(4-7)12(14,15)16/h1-6,18H. The molecule has 6 heteroatoms. The monoisotopic (exact) mass is 273 g/mol. The van der Waals surface area contributed by atoms with Crippen molar-refractivity contribution >= 4 is 11.6 Å². The number of hydrogen-bond donors (Lipinski definition) is 1. The van der Waals surface area contributed by atoms with Crippen molar-refractivity contribution in [3.8, 4) is 16.9 Å². The normalized spacial score (nSPS) is 11.6. The van der Waals surface area contributed by atoms with Crippen molar-refractivity contribution in [2.24, 2.45) is 0 Å². The summed E-state index contributed by atoms with van der Waals surface area (Å²) in [4.78, 5) is 3.63. The third-order valence-electron chi connectivity index (χ3n) is 2.35. The molecule has 94 valence electrons. The van der Waals surface area contributed by atoms with Crippen LogP contribution < -0.4 is 0 Å². The van der Waals surface area contributed by atoms with Crippen molar-refractivity contribution < 1.29 is 18.3 Å². The van der Waals surface area contributed by atoms with Gasteiger partial charge < -0.3 is 5.11 Å². The largest absolute Gasteiger partial charge is 0.506 e. The molecule has 1 heterocycles. The molecule has 0 aliphatic heterocycles. The lowest BCUT2D eigenvalue weighted by Gasteiger charge is -2.09. The molecule has 0 unspecified atom stereocenters. The van der Waals surface area contributed by atoms with E-state index < -0.39 is 11.7 Å². The van der Waals surface area contributed by atoms with E-state index in [-0.39, 0.29) is 22.0 Å². The summed E-state index contributed by atoms with van der Waals surface area (Å²) in [6.07, 6.45) is -3.33. The maximum absolute atomic E-state index is 12.6. The van der Waals surface area contributed by atoms with Crippen LogP contribution in [-0.4, -0.2) is 10.1 Å². The molecule has 18 heavy (non-hydrogen) atoms. The predicted molar refractivity (Wildman–Crippen MR) is 61.3 cm³/mol. The Bertz CT molecular complexity index is 584. The van der Waals surface area contributed by atoms with Gasteiger partial charge in [-0.05, 0) is 23.8 Å². The molecular formula is C12H7ClF3NO. The number of pyridine rings is 1. The van der Waals surface area contributed by atoms with Gasteiger partial charge in [0.2, 0.25) is 0 Å². The molecule has 2 aromatic rings.